The van der Waals surface area contributed by atoms with Crippen molar-refractivity contribution in [1.29, 1.82) is 0 Å². The normalized spacial score (nSPS) is 18.6. The largest absolute Gasteiger partial charge is 0.383 e. The van der Waals surface area contributed by atoms with Crippen LogP contribution in [0.2, 0.25) is 10.0 Å². The average molecular weight is 2190 g/mol. The van der Waals surface area contributed by atoms with Gasteiger partial charge in [-0.2, -0.15) is 57.7 Å². The summed E-state index contributed by atoms with van der Waals surface area (Å²) in [6, 6.07) is 22.0. The number of carbonyl (C=O) groups excluding carboxylic acids is 1. The number of anilines is 15. The van der Waals surface area contributed by atoms with Gasteiger partial charge in [-0.1, -0.05) is 53.5 Å². The molecule has 20 heterocycles. The molecule has 0 saturated carbocycles. The van der Waals surface area contributed by atoms with Crippen molar-refractivity contribution in [3.63, 3.8) is 0 Å². The van der Waals surface area contributed by atoms with E-state index >= 15 is 0 Å². The number of hydrogen-bond acceptors (Lipinski definition) is 34. The summed E-state index contributed by atoms with van der Waals surface area (Å²) in [4.78, 5) is 57.7. The van der Waals surface area contributed by atoms with Crippen LogP contribution in [0.1, 0.15) is 48.3 Å². The van der Waals surface area contributed by atoms with Gasteiger partial charge in [0.15, 0.2) is 45.5 Å². The minimum Gasteiger partial charge on any atom is -0.383 e. The Balaban J connectivity index is 0.000000113. The summed E-state index contributed by atoms with van der Waals surface area (Å²) in [6.45, 7) is 11.4. The highest BCUT2D eigenvalue weighted by molar-refractivity contribution is 9.11. The van der Waals surface area contributed by atoms with E-state index in [1.54, 1.807) is 79.2 Å². The molecule has 26 N–H and O–H groups in total. The predicted molar refractivity (Wildman–Crippen MR) is 527 cm³/mol. The third-order valence-electron chi connectivity index (χ3n) is 21.9. The SMILES string of the molecule is Nc1c(Br)c(N2CC[C@@H](N)C2)nc2c(Br)cnn12.Nc1c(Br)c(N2CC[C@H](N)C2)nc2c(Br)cnn12.Nc1c(Cl)c(N2CC[C@@H](N)C2)nc2c(Br)cnn12.Nc1c(Cl)c(N2CC[C@H](N)C2)nc2c(Br)cnn12.Nc1cc(N2CC[C@H](N)C2)nc2c(N(Cc3cccs3)Cc3cccs3)cnn12.Nc1cc(N2CC[C@H](N)C2)nc2c(NC(=O)Nc3ccccc3)cnn12. The number of nitrogens with zero attached hydrogens (tertiary/aromatic N) is 25. The molecule has 50 heteroatoms. The van der Waals surface area contributed by atoms with Gasteiger partial charge in [0, 0.05) is 142 Å². The van der Waals surface area contributed by atoms with E-state index in [-0.39, 0.29) is 42.3 Å². The molecule has 127 heavy (non-hydrogen) atoms. The Morgan fingerprint density at radius 1 is 0.394 bits per heavy atom. The Bertz CT molecular complexity index is 5970. The molecule has 14 aromatic heterocycles. The van der Waals surface area contributed by atoms with Crippen LogP contribution in [0.3, 0.4) is 0 Å². The molecule has 40 nitrogen and oxygen atoms in total. The van der Waals surface area contributed by atoms with Crippen molar-refractivity contribution >= 4 is 268 Å². The fraction of sp³-hybridized carbons (Fsp3) is 0.338. The van der Waals surface area contributed by atoms with E-state index < -0.39 is 0 Å². The highest BCUT2D eigenvalue weighted by atomic mass is 79.9. The number of thiophene rings is 2. The van der Waals surface area contributed by atoms with Gasteiger partial charge < -0.3 is 114 Å². The molecule has 21 rings (SSSR count). The number of hydrogen-bond donors (Lipinski definition) is 14. The molecule has 15 aromatic rings. The summed E-state index contributed by atoms with van der Waals surface area (Å²) in [5.41, 5.74) is 78.5. The van der Waals surface area contributed by atoms with Crippen molar-refractivity contribution in [2.45, 2.75) is 87.9 Å². The molecule has 6 aliphatic heterocycles. The van der Waals surface area contributed by atoms with E-state index in [4.69, 9.17) is 97.0 Å². The highest BCUT2D eigenvalue weighted by Crippen LogP contribution is 2.40. The van der Waals surface area contributed by atoms with Gasteiger partial charge in [0.05, 0.1) is 68.2 Å². The Morgan fingerprint density at radius 3 is 1.10 bits per heavy atom. The molecular formula is C77H91Br6Cl2N39OS2. The standard InChI is InChI=1S/C20H23N7S2.C17H20N8O.2C10H12Br2N6.2C10H12BrClN6/c21-14-5-6-25(11-14)19-9-18(22)27-20(24-19)17(10-23-27)26(12-15-3-1-7-28-15)13-16-4-2-8-29-16;18-11-6-7-24(10-11)15-8-14(19)25-16(23-15)13(9-20-25)22-17(26)21-12-4-2-1-3-5-12;4*11-6-3-15-18-8(14)7(12)10(16-9(6)18)17-2-1-5(13)4-17/h1-4,7-10,14H,5-6,11-13,21-22H2;1-5,8-9,11H,6-7,10,18-19H2,(H2,21,22,26);4*3,5H,1-2,4,13-14H2/t14-;11-;4*5-/m001010/s1. The number of rotatable bonds is 13. The molecule has 6 atom stereocenters. The number of fused-ring (bicyclic) bond motifs is 6. The first-order valence-corrected chi connectivity index (χ1v) is 47.5. The van der Waals surface area contributed by atoms with Crippen LogP contribution in [0.5, 0.6) is 0 Å². The maximum Gasteiger partial charge on any atom is 0.323 e. The Kier molecular flexibility index (Phi) is 28.0. The van der Waals surface area contributed by atoms with Crippen molar-refractivity contribution in [1.82, 2.24) is 87.6 Å². The second kappa shape index (κ2) is 39.3. The number of nitrogens with two attached hydrogens (primary N) is 12. The Labute approximate surface area is 795 Å². The lowest BCUT2D eigenvalue weighted by atomic mass is 10.3. The molecule has 668 valence electrons. The van der Waals surface area contributed by atoms with Gasteiger partial charge in [0.25, 0.3) is 0 Å². The molecule has 6 fully saturated rings. The topological polar surface area (TPSA) is 557 Å². The number of nitrogen functional groups attached to an aromatic ring is 6. The first-order valence-electron chi connectivity index (χ1n) is 40.3. The Hall–Kier alpha value is -9.77. The Morgan fingerprint density at radius 2 is 0.732 bits per heavy atom. The molecule has 0 spiro atoms. The van der Waals surface area contributed by atoms with Crippen molar-refractivity contribution < 1.29 is 4.79 Å². The average Bonchev–Trinajstić information content (AvgIpc) is 1.67. The predicted octanol–water partition coefficient (Wildman–Crippen LogP) is 9.95. The lowest BCUT2D eigenvalue weighted by molar-refractivity contribution is 0.262. The quantitative estimate of drug-likeness (QED) is 0.0510. The van der Waals surface area contributed by atoms with Gasteiger partial charge in [-0.3, -0.25) is 0 Å². The fourth-order valence-electron chi connectivity index (χ4n) is 15.4. The van der Waals surface area contributed by atoms with Crippen LogP contribution in [0.25, 0.3) is 33.9 Å². The van der Waals surface area contributed by atoms with Gasteiger partial charge in [-0.05, 0) is 169 Å². The first-order chi connectivity index (χ1) is 61.1. The third-order valence-corrected chi connectivity index (χ3v) is 28.1. The van der Waals surface area contributed by atoms with Crippen molar-refractivity contribution in [2.24, 2.45) is 34.4 Å². The summed E-state index contributed by atoms with van der Waals surface area (Å²) >= 11 is 36.7. The molecule has 1 aromatic carbocycles. The van der Waals surface area contributed by atoms with Gasteiger partial charge in [0.2, 0.25) is 0 Å². The van der Waals surface area contributed by atoms with E-state index in [2.05, 4.69) is 231 Å². The molecule has 6 saturated heterocycles. The number of nitrogens with one attached hydrogen (secondary N) is 2. The van der Waals surface area contributed by atoms with Gasteiger partial charge in [-0.15, -0.1) is 22.7 Å². The number of aromatic nitrogens is 18. The van der Waals surface area contributed by atoms with E-state index in [1.807, 2.05) is 30.5 Å². The number of para-hydroxylation sites is 1. The van der Waals surface area contributed by atoms with Crippen LogP contribution in [0.4, 0.5) is 91.7 Å². The number of benzene rings is 1. The molecule has 0 unspecified atom stereocenters. The van der Waals surface area contributed by atoms with Crippen LogP contribution in [-0.4, -0.2) is 208 Å². The highest BCUT2D eigenvalue weighted by Gasteiger charge is 2.32. The zero-order chi connectivity index (χ0) is 89.3. The molecule has 0 aliphatic carbocycles. The zero-order valence-electron chi connectivity index (χ0n) is 67.9. The lowest BCUT2D eigenvalue weighted by Gasteiger charge is -2.23. The maximum atomic E-state index is 12.2. The number of amides is 2. The van der Waals surface area contributed by atoms with Gasteiger partial charge in [-0.25, -0.2) is 34.7 Å². The van der Waals surface area contributed by atoms with Crippen LogP contribution >= 0.6 is 141 Å². The maximum absolute atomic E-state index is 12.2. The number of urea groups is 1. The summed E-state index contributed by atoms with van der Waals surface area (Å²) < 4.78 is 14.2. The zero-order valence-corrected chi connectivity index (χ0v) is 80.6. The minimum atomic E-state index is -0.375. The monoisotopic (exact) mass is 2190 g/mol. The van der Waals surface area contributed by atoms with Crippen molar-refractivity contribution in [3.8, 4) is 0 Å². The second-order valence-corrected chi connectivity index (χ2v) is 38.8. The van der Waals surface area contributed by atoms with Crippen LogP contribution in [0, 0.1) is 0 Å². The minimum absolute atomic E-state index is 0.133. The number of halogens is 8. The van der Waals surface area contributed by atoms with Crippen LogP contribution < -0.4 is 114 Å². The smallest absolute Gasteiger partial charge is 0.323 e. The third kappa shape index (κ3) is 19.9. The van der Waals surface area contributed by atoms with E-state index in [9.17, 15) is 4.79 Å². The van der Waals surface area contributed by atoms with Crippen molar-refractivity contribution in [3.05, 3.63) is 161 Å². The second-order valence-electron chi connectivity index (χ2n) is 31.0. The summed E-state index contributed by atoms with van der Waals surface area (Å²) in [6.07, 6.45) is 15.8. The molecule has 2 amide bonds. The van der Waals surface area contributed by atoms with Crippen molar-refractivity contribution in [2.75, 3.05) is 158 Å². The van der Waals surface area contributed by atoms with Gasteiger partial charge in [0.1, 0.15) is 88.5 Å². The van der Waals surface area contributed by atoms with Crippen LogP contribution in [-0.2, 0) is 13.1 Å². The molecular weight excluding hydrogens is 2100 g/mol. The first kappa shape index (κ1) is 90.6. The van der Waals surface area contributed by atoms with Gasteiger partial charge >= 0.3 is 6.03 Å². The van der Waals surface area contributed by atoms with Crippen LogP contribution in [0.15, 0.2) is 142 Å². The molecule has 0 radical (unpaired) electrons. The number of carbonyl (C=O) groups is 1. The molecule has 0 bridgehead atoms. The van der Waals surface area contributed by atoms with E-state index in [0.29, 0.717) is 96.2 Å². The summed E-state index contributed by atoms with van der Waals surface area (Å²) in [5, 5.41) is 35.9. The van der Waals surface area contributed by atoms with E-state index in [1.165, 1.54) is 29.5 Å². The lowest BCUT2D eigenvalue weighted by Crippen LogP contribution is -2.27. The molecule has 6 aliphatic rings. The fourth-order valence-corrected chi connectivity index (χ4v) is 19.7. The summed E-state index contributed by atoms with van der Waals surface area (Å²) in [5.74, 6) is 7.51. The summed E-state index contributed by atoms with van der Waals surface area (Å²) in [7, 11) is 0. The van der Waals surface area contributed by atoms with E-state index in [0.717, 1.165) is 192 Å².